The molecule has 1 saturated heterocycles. The van der Waals surface area contributed by atoms with E-state index >= 15 is 0 Å². The van der Waals surface area contributed by atoms with Gasteiger partial charge in [-0.3, -0.25) is 4.79 Å². The molecule has 23 heavy (non-hydrogen) atoms. The van der Waals surface area contributed by atoms with Gasteiger partial charge in [-0.05, 0) is 38.3 Å². The van der Waals surface area contributed by atoms with E-state index in [1.165, 1.54) is 9.75 Å². The predicted octanol–water partition coefficient (Wildman–Crippen LogP) is 3.47. The third-order valence-electron chi connectivity index (χ3n) is 4.85. The molecule has 1 aliphatic carbocycles. The van der Waals surface area contributed by atoms with Crippen LogP contribution in [0.5, 0.6) is 0 Å². The maximum atomic E-state index is 12.9. The number of hydrogen-bond acceptors (Lipinski definition) is 5. The van der Waals surface area contributed by atoms with Gasteiger partial charge in [-0.1, -0.05) is 12.1 Å². The van der Waals surface area contributed by atoms with Crippen molar-refractivity contribution in [3.05, 3.63) is 33.6 Å². The number of aromatic nitrogens is 2. The molecule has 2 aromatic heterocycles. The molecule has 0 bridgehead atoms. The third-order valence-corrected chi connectivity index (χ3v) is 5.99. The molecule has 0 aromatic carbocycles. The Morgan fingerprint density at radius 1 is 1.48 bits per heavy atom. The summed E-state index contributed by atoms with van der Waals surface area (Å²) in [5.41, 5.74) is 0. The van der Waals surface area contributed by atoms with E-state index in [0.717, 1.165) is 32.2 Å². The molecule has 4 rings (SSSR count). The Labute approximate surface area is 139 Å². The number of amides is 1. The van der Waals surface area contributed by atoms with Gasteiger partial charge in [0.25, 0.3) is 0 Å². The highest BCUT2D eigenvalue weighted by Crippen LogP contribution is 2.51. The Balaban J connectivity index is 1.47. The number of hydrogen-bond donors (Lipinski definition) is 0. The van der Waals surface area contributed by atoms with E-state index in [2.05, 4.69) is 29.2 Å². The molecule has 122 valence electrons. The van der Waals surface area contributed by atoms with Crippen LogP contribution in [-0.4, -0.2) is 27.5 Å². The zero-order valence-corrected chi connectivity index (χ0v) is 14.3. The number of aryl methyl sites for hydroxylation is 2. The lowest BCUT2D eigenvalue weighted by Gasteiger charge is -2.22. The van der Waals surface area contributed by atoms with Crippen LogP contribution in [-0.2, 0) is 11.2 Å². The van der Waals surface area contributed by atoms with Crippen LogP contribution in [0.2, 0.25) is 0 Å². The first kappa shape index (κ1) is 14.9. The number of carbonyl (C=O) groups is 1. The maximum absolute atomic E-state index is 12.9. The summed E-state index contributed by atoms with van der Waals surface area (Å²) in [6.45, 7) is 4.92. The van der Waals surface area contributed by atoms with Crippen LogP contribution in [0.3, 0.4) is 0 Å². The quantitative estimate of drug-likeness (QED) is 0.861. The van der Waals surface area contributed by atoms with E-state index < -0.39 is 0 Å². The topological polar surface area (TPSA) is 59.2 Å². The molecule has 2 aromatic rings. The van der Waals surface area contributed by atoms with E-state index in [9.17, 15) is 4.79 Å². The highest BCUT2D eigenvalue weighted by molar-refractivity contribution is 7.12. The maximum Gasteiger partial charge on any atom is 0.226 e. The van der Waals surface area contributed by atoms with Crippen molar-refractivity contribution in [2.24, 2.45) is 5.92 Å². The van der Waals surface area contributed by atoms with Gasteiger partial charge < -0.3 is 9.42 Å². The highest BCUT2D eigenvalue weighted by atomic mass is 32.1. The van der Waals surface area contributed by atoms with Crippen LogP contribution in [0, 0.1) is 12.8 Å². The Morgan fingerprint density at radius 2 is 2.35 bits per heavy atom. The second-order valence-electron chi connectivity index (χ2n) is 6.49. The van der Waals surface area contributed by atoms with Crippen molar-refractivity contribution in [1.29, 1.82) is 0 Å². The van der Waals surface area contributed by atoms with Gasteiger partial charge in [-0.25, -0.2) is 0 Å². The van der Waals surface area contributed by atoms with E-state index in [4.69, 9.17) is 4.52 Å². The molecule has 6 heteroatoms. The van der Waals surface area contributed by atoms with E-state index in [1.807, 2.05) is 23.2 Å². The second kappa shape index (κ2) is 5.74. The number of carbonyl (C=O) groups excluding carboxylic acids is 1. The SMILES string of the molecule is CCc1nc([C@@H]2CCCN2C(=O)[C@H]2C[C@H]2c2ccc(C)s2)no1. The van der Waals surface area contributed by atoms with Crippen molar-refractivity contribution in [2.75, 3.05) is 6.54 Å². The van der Waals surface area contributed by atoms with Crippen molar-refractivity contribution in [3.63, 3.8) is 0 Å². The van der Waals surface area contributed by atoms with Crippen molar-refractivity contribution in [2.45, 2.75) is 51.5 Å². The van der Waals surface area contributed by atoms with Gasteiger partial charge >= 0.3 is 0 Å². The molecular formula is C17H21N3O2S. The summed E-state index contributed by atoms with van der Waals surface area (Å²) in [7, 11) is 0. The summed E-state index contributed by atoms with van der Waals surface area (Å²) < 4.78 is 5.23. The van der Waals surface area contributed by atoms with Gasteiger partial charge in [0.1, 0.15) is 0 Å². The monoisotopic (exact) mass is 331 g/mol. The van der Waals surface area contributed by atoms with E-state index in [0.29, 0.717) is 17.6 Å². The van der Waals surface area contributed by atoms with Gasteiger partial charge in [-0.15, -0.1) is 11.3 Å². The van der Waals surface area contributed by atoms with Crippen molar-refractivity contribution in [1.82, 2.24) is 15.0 Å². The molecule has 3 atom stereocenters. The van der Waals surface area contributed by atoms with Crippen LogP contribution in [0.25, 0.3) is 0 Å². The fourth-order valence-corrected chi connectivity index (χ4v) is 4.55. The minimum absolute atomic E-state index is 0.00197. The first-order valence-electron chi connectivity index (χ1n) is 8.36. The third kappa shape index (κ3) is 2.69. The largest absolute Gasteiger partial charge is 0.339 e. The molecule has 0 unspecified atom stereocenters. The van der Waals surface area contributed by atoms with Gasteiger partial charge in [0, 0.05) is 34.6 Å². The zero-order chi connectivity index (χ0) is 16.0. The predicted molar refractivity (Wildman–Crippen MR) is 87.3 cm³/mol. The first-order valence-corrected chi connectivity index (χ1v) is 9.18. The van der Waals surface area contributed by atoms with Gasteiger partial charge in [0.15, 0.2) is 5.82 Å². The lowest BCUT2D eigenvalue weighted by atomic mass is 10.2. The Bertz CT molecular complexity index is 723. The number of rotatable bonds is 4. The summed E-state index contributed by atoms with van der Waals surface area (Å²) in [6.07, 6.45) is 3.66. The summed E-state index contributed by atoms with van der Waals surface area (Å²) in [6, 6.07) is 4.31. The number of thiophene rings is 1. The first-order chi connectivity index (χ1) is 11.2. The van der Waals surface area contributed by atoms with Crippen molar-refractivity contribution >= 4 is 17.2 Å². The standard InChI is InChI=1S/C17H21N3O2S/c1-3-15-18-16(19-22-15)13-5-4-8-20(13)17(21)12-9-11(12)14-7-6-10(2)23-14/h6-7,11-13H,3-5,8-9H2,1-2H3/t11-,12+,13+/m1/s1. The second-order valence-corrected chi connectivity index (χ2v) is 7.81. The summed E-state index contributed by atoms with van der Waals surface area (Å²) in [5, 5.41) is 4.08. The lowest BCUT2D eigenvalue weighted by Crippen LogP contribution is -2.32. The van der Waals surface area contributed by atoms with E-state index in [1.54, 1.807) is 0 Å². The molecule has 2 fully saturated rings. The molecule has 0 N–H and O–H groups in total. The molecule has 5 nitrogen and oxygen atoms in total. The Hall–Kier alpha value is -1.69. The molecular weight excluding hydrogens is 310 g/mol. The molecule has 2 aliphatic rings. The summed E-state index contributed by atoms with van der Waals surface area (Å²) in [5.74, 6) is 2.16. The Kier molecular flexibility index (Phi) is 3.71. The Morgan fingerprint density at radius 3 is 3.04 bits per heavy atom. The van der Waals surface area contributed by atoms with Crippen LogP contribution < -0.4 is 0 Å². The average Bonchev–Trinajstić information content (AvgIpc) is 2.96. The van der Waals surface area contributed by atoms with Gasteiger partial charge in [0.05, 0.1) is 6.04 Å². The fraction of sp³-hybridized carbons (Fsp3) is 0.588. The smallest absolute Gasteiger partial charge is 0.226 e. The van der Waals surface area contributed by atoms with Crippen LogP contribution in [0.4, 0.5) is 0 Å². The minimum Gasteiger partial charge on any atom is -0.339 e. The van der Waals surface area contributed by atoms with Crippen molar-refractivity contribution in [3.8, 4) is 0 Å². The van der Waals surface area contributed by atoms with Gasteiger partial charge in [-0.2, -0.15) is 4.98 Å². The number of likely N-dealkylation sites (tertiary alicyclic amines) is 1. The zero-order valence-electron chi connectivity index (χ0n) is 13.5. The lowest BCUT2D eigenvalue weighted by molar-refractivity contribution is -0.133. The highest BCUT2D eigenvalue weighted by Gasteiger charge is 2.48. The molecule has 3 heterocycles. The van der Waals surface area contributed by atoms with Crippen LogP contribution in [0.15, 0.2) is 16.7 Å². The molecule has 0 radical (unpaired) electrons. The summed E-state index contributed by atoms with van der Waals surface area (Å²) in [4.78, 5) is 22.0. The molecule has 1 aliphatic heterocycles. The van der Waals surface area contributed by atoms with Crippen molar-refractivity contribution < 1.29 is 9.32 Å². The van der Waals surface area contributed by atoms with E-state index in [-0.39, 0.29) is 17.9 Å². The van der Waals surface area contributed by atoms with Crippen LogP contribution in [0.1, 0.15) is 59.6 Å². The molecule has 0 spiro atoms. The van der Waals surface area contributed by atoms with Crippen LogP contribution >= 0.6 is 11.3 Å². The molecule has 1 saturated carbocycles. The fourth-order valence-electron chi connectivity index (χ4n) is 3.49. The normalized spacial score (nSPS) is 26.7. The minimum atomic E-state index is -0.00197. The van der Waals surface area contributed by atoms with Gasteiger partial charge in [0.2, 0.25) is 11.8 Å². The molecule has 1 amide bonds. The average molecular weight is 331 g/mol. The number of nitrogens with zero attached hydrogens (tertiary/aromatic N) is 3. The summed E-state index contributed by atoms with van der Waals surface area (Å²) >= 11 is 1.82.